The van der Waals surface area contributed by atoms with Crippen molar-refractivity contribution in [2.24, 2.45) is 0 Å². The van der Waals surface area contributed by atoms with E-state index in [1.165, 1.54) is 43.5 Å². The maximum atomic E-state index is 12.9. The molecule has 1 heterocycles. The number of carbonyl (C=O) groups excluding carboxylic acids is 1. The van der Waals surface area contributed by atoms with Gasteiger partial charge in [0, 0.05) is 6.92 Å². The molecular formula is C14H12F3N3O. The molecule has 0 unspecified atom stereocenters. The number of para-hydroxylation sites is 1. The largest absolute Gasteiger partial charge is 0.418 e. The van der Waals surface area contributed by atoms with Crippen LogP contribution in [0, 0.1) is 0 Å². The summed E-state index contributed by atoms with van der Waals surface area (Å²) in [5.41, 5.74) is -0.421. The SMILES string of the molecule is CC(=O)Nc1ccc(Nc2ccccc2C(F)(F)F)cn1. The summed E-state index contributed by atoms with van der Waals surface area (Å²) in [7, 11) is 0. The normalized spacial score (nSPS) is 11.0. The minimum atomic E-state index is -4.44. The third kappa shape index (κ3) is 3.95. The Bertz CT molecular complexity index is 639. The van der Waals surface area contributed by atoms with Crippen LogP contribution in [0.15, 0.2) is 42.6 Å². The van der Waals surface area contributed by atoms with E-state index in [-0.39, 0.29) is 11.6 Å². The number of halogens is 3. The number of pyridine rings is 1. The van der Waals surface area contributed by atoms with Gasteiger partial charge in [0.1, 0.15) is 5.82 Å². The Morgan fingerprint density at radius 2 is 1.86 bits per heavy atom. The number of benzene rings is 1. The summed E-state index contributed by atoms with van der Waals surface area (Å²) < 4.78 is 38.6. The zero-order valence-electron chi connectivity index (χ0n) is 11.0. The molecule has 0 bridgehead atoms. The fraction of sp³-hybridized carbons (Fsp3) is 0.143. The predicted octanol–water partition coefficient (Wildman–Crippen LogP) is 3.80. The molecule has 1 aromatic carbocycles. The van der Waals surface area contributed by atoms with Crippen LogP contribution in [-0.4, -0.2) is 10.9 Å². The number of nitrogens with zero attached hydrogens (tertiary/aromatic N) is 1. The van der Waals surface area contributed by atoms with Crippen molar-refractivity contribution in [1.82, 2.24) is 4.98 Å². The predicted molar refractivity (Wildman–Crippen MR) is 73.3 cm³/mol. The highest BCUT2D eigenvalue weighted by Crippen LogP contribution is 2.35. The molecular weight excluding hydrogens is 283 g/mol. The first-order valence-corrected chi connectivity index (χ1v) is 6.03. The van der Waals surface area contributed by atoms with Crippen LogP contribution in [0.3, 0.4) is 0 Å². The number of nitrogens with one attached hydrogen (secondary N) is 2. The first-order valence-electron chi connectivity index (χ1n) is 6.03. The Morgan fingerprint density at radius 3 is 2.43 bits per heavy atom. The van der Waals surface area contributed by atoms with Gasteiger partial charge in [-0.15, -0.1) is 0 Å². The van der Waals surface area contributed by atoms with Gasteiger partial charge in [-0.1, -0.05) is 12.1 Å². The average molecular weight is 295 g/mol. The van der Waals surface area contributed by atoms with Crippen molar-refractivity contribution in [3.63, 3.8) is 0 Å². The summed E-state index contributed by atoms with van der Waals surface area (Å²) in [4.78, 5) is 14.8. The smallest absolute Gasteiger partial charge is 0.354 e. The fourth-order valence-electron chi connectivity index (χ4n) is 1.72. The number of anilines is 3. The highest BCUT2D eigenvalue weighted by Gasteiger charge is 2.33. The van der Waals surface area contributed by atoms with Crippen molar-refractivity contribution >= 4 is 23.1 Å². The van der Waals surface area contributed by atoms with Crippen LogP contribution in [0.5, 0.6) is 0 Å². The minimum Gasteiger partial charge on any atom is -0.354 e. The molecule has 0 radical (unpaired) electrons. The number of rotatable bonds is 3. The molecule has 0 atom stereocenters. The first kappa shape index (κ1) is 14.8. The number of hydrogen-bond acceptors (Lipinski definition) is 3. The number of alkyl halides is 3. The van der Waals surface area contributed by atoms with Crippen LogP contribution in [0.4, 0.5) is 30.4 Å². The van der Waals surface area contributed by atoms with Gasteiger partial charge in [-0.3, -0.25) is 4.79 Å². The van der Waals surface area contributed by atoms with E-state index in [2.05, 4.69) is 15.6 Å². The Kier molecular flexibility index (Phi) is 4.11. The maximum Gasteiger partial charge on any atom is 0.418 e. The summed E-state index contributed by atoms with van der Waals surface area (Å²) >= 11 is 0. The summed E-state index contributed by atoms with van der Waals surface area (Å²) in [6.45, 7) is 1.34. The molecule has 0 aliphatic rings. The monoisotopic (exact) mass is 295 g/mol. The van der Waals surface area contributed by atoms with Crippen molar-refractivity contribution in [3.8, 4) is 0 Å². The molecule has 2 rings (SSSR count). The molecule has 1 aromatic heterocycles. The molecule has 0 aliphatic carbocycles. The highest BCUT2D eigenvalue weighted by atomic mass is 19.4. The van der Waals surface area contributed by atoms with E-state index in [1.807, 2.05) is 0 Å². The molecule has 110 valence electrons. The summed E-state index contributed by atoms with van der Waals surface area (Å²) in [6.07, 6.45) is -3.09. The van der Waals surface area contributed by atoms with Gasteiger partial charge in [0.25, 0.3) is 0 Å². The lowest BCUT2D eigenvalue weighted by Crippen LogP contribution is -2.09. The lowest BCUT2D eigenvalue weighted by atomic mass is 10.1. The molecule has 2 N–H and O–H groups in total. The van der Waals surface area contributed by atoms with Gasteiger partial charge in [0.15, 0.2) is 0 Å². The Labute approximate surface area is 119 Å². The maximum absolute atomic E-state index is 12.9. The summed E-state index contributed by atoms with van der Waals surface area (Å²) in [6, 6.07) is 8.21. The molecule has 7 heteroatoms. The summed E-state index contributed by atoms with van der Waals surface area (Å²) in [5, 5.41) is 5.14. The van der Waals surface area contributed by atoms with Gasteiger partial charge in [-0.05, 0) is 24.3 Å². The van der Waals surface area contributed by atoms with Crippen molar-refractivity contribution in [2.75, 3.05) is 10.6 Å². The molecule has 0 aliphatic heterocycles. The summed E-state index contributed by atoms with van der Waals surface area (Å²) in [5.74, 6) is 0.0581. The van der Waals surface area contributed by atoms with Gasteiger partial charge in [-0.2, -0.15) is 13.2 Å². The van der Waals surface area contributed by atoms with Gasteiger partial charge in [0.2, 0.25) is 5.91 Å². The van der Waals surface area contributed by atoms with E-state index >= 15 is 0 Å². The average Bonchev–Trinajstić information content (AvgIpc) is 2.40. The van der Waals surface area contributed by atoms with E-state index in [4.69, 9.17) is 0 Å². The Balaban J connectivity index is 2.21. The van der Waals surface area contributed by atoms with E-state index in [9.17, 15) is 18.0 Å². The lowest BCUT2D eigenvalue weighted by Gasteiger charge is -2.14. The number of aromatic nitrogens is 1. The van der Waals surface area contributed by atoms with Crippen molar-refractivity contribution < 1.29 is 18.0 Å². The van der Waals surface area contributed by atoms with Gasteiger partial charge in [0.05, 0.1) is 23.1 Å². The van der Waals surface area contributed by atoms with Crippen molar-refractivity contribution in [1.29, 1.82) is 0 Å². The standard InChI is InChI=1S/C14H12F3N3O/c1-9(21)19-13-7-6-10(8-18-13)20-12-5-3-2-4-11(12)14(15,16)17/h2-8,20H,1H3,(H,18,19,21). The van der Waals surface area contributed by atoms with Crippen molar-refractivity contribution in [3.05, 3.63) is 48.2 Å². The van der Waals surface area contributed by atoms with Crippen LogP contribution in [0.1, 0.15) is 12.5 Å². The molecule has 1 amide bonds. The molecule has 0 saturated heterocycles. The number of carbonyl (C=O) groups is 1. The van der Waals surface area contributed by atoms with E-state index < -0.39 is 11.7 Å². The molecule has 21 heavy (non-hydrogen) atoms. The van der Waals surface area contributed by atoms with Crippen LogP contribution >= 0.6 is 0 Å². The zero-order chi connectivity index (χ0) is 15.5. The van der Waals surface area contributed by atoms with Gasteiger partial charge < -0.3 is 10.6 Å². The fourth-order valence-corrected chi connectivity index (χ4v) is 1.72. The molecule has 0 spiro atoms. The van der Waals surface area contributed by atoms with E-state index in [1.54, 1.807) is 0 Å². The minimum absolute atomic E-state index is 0.0564. The van der Waals surface area contributed by atoms with Crippen LogP contribution in [-0.2, 0) is 11.0 Å². The van der Waals surface area contributed by atoms with E-state index in [0.29, 0.717) is 11.5 Å². The van der Waals surface area contributed by atoms with Crippen LogP contribution < -0.4 is 10.6 Å². The number of hydrogen-bond donors (Lipinski definition) is 2. The van der Waals surface area contributed by atoms with Crippen molar-refractivity contribution in [2.45, 2.75) is 13.1 Å². The second-order valence-electron chi connectivity index (χ2n) is 4.28. The zero-order valence-corrected chi connectivity index (χ0v) is 11.0. The second-order valence-corrected chi connectivity index (χ2v) is 4.28. The third-order valence-corrected chi connectivity index (χ3v) is 2.58. The van der Waals surface area contributed by atoms with Gasteiger partial charge in [-0.25, -0.2) is 4.98 Å². The van der Waals surface area contributed by atoms with E-state index in [0.717, 1.165) is 6.07 Å². The third-order valence-electron chi connectivity index (χ3n) is 2.58. The molecule has 0 saturated carbocycles. The molecule has 2 aromatic rings. The van der Waals surface area contributed by atoms with Crippen LogP contribution in [0.25, 0.3) is 0 Å². The Morgan fingerprint density at radius 1 is 1.14 bits per heavy atom. The highest BCUT2D eigenvalue weighted by molar-refractivity contribution is 5.87. The topological polar surface area (TPSA) is 54.0 Å². The van der Waals surface area contributed by atoms with Gasteiger partial charge >= 0.3 is 6.18 Å². The quantitative estimate of drug-likeness (QED) is 0.905. The Hall–Kier alpha value is -2.57. The first-order chi connectivity index (χ1) is 9.86. The number of amides is 1. The molecule has 4 nitrogen and oxygen atoms in total. The second kappa shape index (κ2) is 5.82. The molecule has 0 fully saturated rings. The lowest BCUT2D eigenvalue weighted by molar-refractivity contribution is -0.136. The van der Waals surface area contributed by atoms with Crippen LogP contribution in [0.2, 0.25) is 0 Å².